The topological polar surface area (TPSA) is 65.2 Å². The van der Waals surface area contributed by atoms with E-state index in [1.165, 1.54) is 18.2 Å². The molecule has 6 heteroatoms. The van der Waals surface area contributed by atoms with Crippen molar-refractivity contribution in [2.45, 2.75) is 20.0 Å². The largest absolute Gasteiger partial charge is 0.449 e. The molecule has 2 aromatic carbocycles. The summed E-state index contributed by atoms with van der Waals surface area (Å²) in [6, 6.07) is 13.2. The fourth-order valence-corrected chi connectivity index (χ4v) is 2.11. The highest BCUT2D eigenvalue weighted by molar-refractivity contribution is 5.89. The third-order valence-corrected chi connectivity index (χ3v) is 3.46. The van der Waals surface area contributed by atoms with Crippen LogP contribution in [0.3, 0.4) is 0 Å². The molecule has 24 heavy (non-hydrogen) atoms. The van der Waals surface area contributed by atoms with Crippen molar-refractivity contribution >= 4 is 5.97 Å². The van der Waals surface area contributed by atoms with Crippen LogP contribution < -0.4 is 0 Å². The van der Waals surface area contributed by atoms with Gasteiger partial charge in [-0.1, -0.05) is 29.8 Å². The van der Waals surface area contributed by atoms with Gasteiger partial charge >= 0.3 is 5.97 Å². The molecule has 5 nitrogen and oxygen atoms in total. The zero-order valence-electron chi connectivity index (χ0n) is 13.2. The van der Waals surface area contributed by atoms with Crippen molar-refractivity contribution in [1.29, 1.82) is 0 Å². The van der Waals surface area contributed by atoms with Crippen LogP contribution in [0.1, 0.15) is 34.8 Å². The normalized spacial score (nSPS) is 12.0. The van der Waals surface area contributed by atoms with Gasteiger partial charge in [0.25, 0.3) is 5.89 Å². The first-order valence-electron chi connectivity index (χ1n) is 7.40. The zero-order valence-corrected chi connectivity index (χ0v) is 13.2. The molecule has 122 valence electrons. The Bertz CT molecular complexity index is 859. The van der Waals surface area contributed by atoms with E-state index >= 15 is 0 Å². The summed E-state index contributed by atoms with van der Waals surface area (Å²) in [5.41, 5.74) is 1.75. The third-order valence-electron chi connectivity index (χ3n) is 3.46. The van der Waals surface area contributed by atoms with Gasteiger partial charge in [-0.2, -0.15) is 0 Å². The molecular formula is C18H15FN2O3. The minimum atomic E-state index is -0.788. The van der Waals surface area contributed by atoms with E-state index in [1.807, 2.05) is 31.2 Å². The van der Waals surface area contributed by atoms with Gasteiger partial charge in [0.15, 0.2) is 6.10 Å². The average molecular weight is 326 g/mol. The Labute approximate surface area is 138 Å². The predicted molar refractivity (Wildman–Crippen MR) is 84.7 cm³/mol. The Morgan fingerprint density at radius 2 is 1.83 bits per heavy atom. The van der Waals surface area contributed by atoms with E-state index < -0.39 is 17.9 Å². The lowest BCUT2D eigenvalue weighted by Crippen LogP contribution is -2.11. The third kappa shape index (κ3) is 3.32. The summed E-state index contributed by atoms with van der Waals surface area (Å²) in [6.45, 7) is 3.57. The van der Waals surface area contributed by atoms with Crippen LogP contribution in [0, 0.1) is 12.7 Å². The molecule has 0 radical (unpaired) electrons. The molecule has 0 bridgehead atoms. The second kappa shape index (κ2) is 6.62. The number of ether oxygens (including phenoxy) is 1. The fraction of sp³-hybridized carbons (Fsp3) is 0.167. The lowest BCUT2D eigenvalue weighted by Gasteiger charge is -2.09. The zero-order chi connectivity index (χ0) is 17.1. The number of carbonyl (C=O) groups excluding carboxylic acids is 1. The van der Waals surface area contributed by atoms with Gasteiger partial charge in [-0.3, -0.25) is 0 Å². The van der Waals surface area contributed by atoms with Crippen molar-refractivity contribution in [2.24, 2.45) is 0 Å². The first-order chi connectivity index (χ1) is 11.5. The van der Waals surface area contributed by atoms with Crippen LogP contribution in [-0.4, -0.2) is 16.2 Å². The average Bonchev–Trinajstić information content (AvgIpc) is 3.06. The Kier molecular flexibility index (Phi) is 4.37. The van der Waals surface area contributed by atoms with Crippen LogP contribution in [-0.2, 0) is 4.74 Å². The quantitative estimate of drug-likeness (QED) is 0.675. The molecule has 3 aromatic rings. The second-order valence-electron chi connectivity index (χ2n) is 5.34. The maximum absolute atomic E-state index is 13.6. The van der Waals surface area contributed by atoms with Gasteiger partial charge in [0.2, 0.25) is 5.89 Å². The number of carbonyl (C=O) groups is 1. The number of aryl methyl sites for hydroxylation is 1. The molecule has 0 aliphatic carbocycles. The molecule has 0 unspecified atom stereocenters. The highest BCUT2D eigenvalue weighted by Gasteiger charge is 2.21. The van der Waals surface area contributed by atoms with Crippen LogP contribution in [0.2, 0.25) is 0 Å². The molecule has 0 amide bonds. The Balaban J connectivity index is 1.74. The minimum Gasteiger partial charge on any atom is -0.449 e. The molecule has 1 atom stereocenters. The summed E-state index contributed by atoms with van der Waals surface area (Å²) >= 11 is 0. The maximum atomic E-state index is 13.6. The number of nitrogens with zero attached hydrogens (tertiary/aromatic N) is 2. The number of halogens is 1. The fourth-order valence-electron chi connectivity index (χ4n) is 2.11. The molecule has 1 aromatic heterocycles. The van der Waals surface area contributed by atoms with Crippen LogP contribution in [0.4, 0.5) is 4.39 Å². The first kappa shape index (κ1) is 15.9. The van der Waals surface area contributed by atoms with Crippen molar-refractivity contribution in [3.63, 3.8) is 0 Å². The molecule has 0 spiro atoms. The van der Waals surface area contributed by atoms with Gasteiger partial charge in [-0.05, 0) is 38.1 Å². The lowest BCUT2D eigenvalue weighted by atomic mass is 10.1. The van der Waals surface area contributed by atoms with Crippen molar-refractivity contribution in [1.82, 2.24) is 10.2 Å². The van der Waals surface area contributed by atoms with Gasteiger partial charge < -0.3 is 9.15 Å². The number of hydrogen-bond donors (Lipinski definition) is 0. The Morgan fingerprint density at radius 3 is 2.54 bits per heavy atom. The van der Waals surface area contributed by atoms with E-state index in [2.05, 4.69) is 10.2 Å². The summed E-state index contributed by atoms with van der Waals surface area (Å²) in [6.07, 6.45) is -0.788. The number of benzene rings is 2. The summed E-state index contributed by atoms with van der Waals surface area (Å²) in [5.74, 6) is -0.940. The van der Waals surface area contributed by atoms with Crippen LogP contribution in [0.5, 0.6) is 0 Å². The Morgan fingerprint density at radius 1 is 1.12 bits per heavy atom. The summed E-state index contributed by atoms with van der Waals surface area (Å²) < 4.78 is 24.3. The molecule has 0 N–H and O–H groups in total. The predicted octanol–water partition coefficient (Wildman–Crippen LogP) is 4.10. The van der Waals surface area contributed by atoms with E-state index in [0.717, 1.165) is 11.1 Å². The molecule has 0 saturated carbocycles. The Hall–Kier alpha value is -3.02. The van der Waals surface area contributed by atoms with E-state index in [0.29, 0.717) is 5.89 Å². The van der Waals surface area contributed by atoms with Crippen LogP contribution >= 0.6 is 0 Å². The van der Waals surface area contributed by atoms with Crippen LogP contribution in [0.25, 0.3) is 11.5 Å². The van der Waals surface area contributed by atoms with Crippen molar-refractivity contribution in [2.75, 3.05) is 0 Å². The summed E-state index contributed by atoms with van der Waals surface area (Å²) in [7, 11) is 0. The summed E-state index contributed by atoms with van der Waals surface area (Å²) in [5, 5.41) is 7.85. The first-order valence-corrected chi connectivity index (χ1v) is 7.40. The van der Waals surface area contributed by atoms with E-state index in [-0.39, 0.29) is 11.5 Å². The highest BCUT2D eigenvalue weighted by Crippen LogP contribution is 2.23. The van der Waals surface area contributed by atoms with E-state index in [4.69, 9.17) is 9.15 Å². The van der Waals surface area contributed by atoms with Crippen molar-refractivity contribution in [3.8, 4) is 11.5 Å². The van der Waals surface area contributed by atoms with E-state index in [9.17, 15) is 9.18 Å². The van der Waals surface area contributed by atoms with Gasteiger partial charge in [0, 0.05) is 5.56 Å². The lowest BCUT2D eigenvalue weighted by molar-refractivity contribution is 0.0274. The van der Waals surface area contributed by atoms with Crippen molar-refractivity contribution < 1.29 is 18.3 Å². The molecule has 0 saturated heterocycles. The number of rotatable bonds is 4. The molecule has 1 heterocycles. The van der Waals surface area contributed by atoms with Gasteiger partial charge in [-0.15, -0.1) is 10.2 Å². The number of hydrogen-bond acceptors (Lipinski definition) is 5. The van der Waals surface area contributed by atoms with E-state index in [1.54, 1.807) is 13.0 Å². The molecule has 0 fully saturated rings. The SMILES string of the molecule is Cc1ccc(-c2nnc([C@H](C)OC(=O)c3ccccc3F)o2)cc1. The van der Waals surface area contributed by atoms with Crippen molar-refractivity contribution in [3.05, 3.63) is 71.4 Å². The molecule has 0 aliphatic heterocycles. The number of aromatic nitrogens is 2. The smallest absolute Gasteiger partial charge is 0.341 e. The number of esters is 1. The van der Waals surface area contributed by atoms with Gasteiger partial charge in [-0.25, -0.2) is 9.18 Å². The maximum Gasteiger partial charge on any atom is 0.341 e. The molecule has 0 aliphatic rings. The van der Waals surface area contributed by atoms with Gasteiger partial charge in [0.05, 0.1) is 5.56 Å². The molecule has 3 rings (SSSR count). The summed E-state index contributed by atoms with van der Waals surface area (Å²) in [4.78, 5) is 12.0. The van der Waals surface area contributed by atoms with Gasteiger partial charge in [0.1, 0.15) is 5.82 Å². The monoisotopic (exact) mass is 326 g/mol. The molecular weight excluding hydrogens is 311 g/mol. The minimum absolute atomic E-state index is 0.136. The standard InChI is InChI=1S/C18H15FN2O3/c1-11-7-9-13(10-8-11)17-21-20-16(24-17)12(2)23-18(22)14-5-3-4-6-15(14)19/h3-10,12H,1-2H3/t12-/m0/s1. The van der Waals surface area contributed by atoms with Crippen LogP contribution in [0.15, 0.2) is 52.9 Å². The highest BCUT2D eigenvalue weighted by atomic mass is 19.1. The second-order valence-corrected chi connectivity index (χ2v) is 5.34.